The Morgan fingerprint density at radius 3 is 2.47 bits per heavy atom. The Labute approximate surface area is 115 Å². The van der Waals surface area contributed by atoms with Crippen molar-refractivity contribution in [2.75, 3.05) is 6.54 Å². The van der Waals surface area contributed by atoms with E-state index >= 15 is 0 Å². The monoisotopic (exact) mass is 270 g/mol. The number of rotatable bonds is 5. The maximum atomic E-state index is 11.7. The molecule has 0 saturated heterocycles. The van der Waals surface area contributed by atoms with Gasteiger partial charge in [0.05, 0.1) is 5.92 Å². The molecule has 1 fully saturated rings. The van der Waals surface area contributed by atoms with Crippen LogP contribution in [-0.2, 0) is 4.79 Å². The second-order valence-electron chi connectivity index (χ2n) is 5.76. The Balaban J connectivity index is 2.29. The molecular weight excluding hydrogens is 244 g/mol. The van der Waals surface area contributed by atoms with E-state index in [-0.39, 0.29) is 18.6 Å². The summed E-state index contributed by atoms with van der Waals surface area (Å²) in [7, 11) is 0. The number of aliphatic carboxylic acids is 1. The topological polar surface area (TPSA) is 78.4 Å². The normalized spacial score (nSPS) is 28.5. The van der Waals surface area contributed by atoms with Gasteiger partial charge in [0.25, 0.3) is 0 Å². The Hall–Kier alpha value is -1.26. The van der Waals surface area contributed by atoms with E-state index < -0.39 is 11.9 Å². The zero-order valence-corrected chi connectivity index (χ0v) is 12.1. The summed E-state index contributed by atoms with van der Waals surface area (Å²) >= 11 is 0. The number of amides is 2. The van der Waals surface area contributed by atoms with Crippen LogP contribution in [0.4, 0.5) is 4.79 Å². The summed E-state index contributed by atoms with van der Waals surface area (Å²) in [6.45, 7) is 6.46. The van der Waals surface area contributed by atoms with Gasteiger partial charge in [-0.2, -0.15) is 0 Å². The molecule has 0 bridgehead atoms. The molecule has 0 heterocycles. The molecule has 4 atom stereocenters. The Kier molecular flexibility index (Phi) is 6.12. The van der Waals surface area contributed by atoms with Crippen molar-refractivity contribution in [3.63, 3.8) is 0 Å². The molecule has 1 saturated carbocycles. The zero-order chi connectivity index (χ0) is 14.4. The lowest BCUT2D eigenvalue weighted by molar-refractivity contribution is -0.141. The molecule has 0 aromatic carbocycles. The number of carbonyl (C=O) groups excluding carboxylic acids is 1. The summed E-state index contributed by atoms with van der Waals surface area (Å²) in [6.07, 6.45) is 3.67. The summed E-state index contributed by atoms with van der Waals surface area (Å²) < 4.78 is 0. The van der Waals surface area contributed by atoms with Crippen molar-refractivity contribution < 1.29 is 14.7 Å². The molecule has 2 amide bonds. The maximum absolute atomic E-state index is 11.7. The SMILES string of the molecule is CCC(CNC(=O)NC1CCC(C)C(C)C1)C(=O)O. The zero-order valence-electron chi connectivity index (χ0n) is 12.1. The molecule has 19 heavy (non-hydrogen) atoms. The van der Waals surface area contributed by atoms with Gasteiger partial charge in [-0.1, -0.05) is 20.8 Å². The van der Waals surface area contributed by atoms with Gasteiger partial charge in [-0.05, 0) is 37.5 Å². The van der Waals surface area contributed by atoms with Gasteiger partial charge in [-0.25, -0.2) is 4.79 Å². The average Bonchev–Trinajstić information content (AvgIpc) is 2.34. The number of carboxylic acids is 1. The minimum atomic E-state index is -0.858. The lowest BCUT2D eigenvalue weighted by Gasteiger charge is -2.32. The maximum Gasteiger partial charge on any atom is 0.315 e. The van der Waals surface area contributed by atoms with Gasteiger partial charge in [0.2, 0.25) is 0 Å². The lowest BCUT2D eigenvalue weighted by atomic mass is 9.79. The highest BCUT2D eigenvalue weighted by Crippen LogP contribution is 2.29. The van der Waals surface area contributed by atoms with Crippen molar-refractivity contribution in [3.8, 4) is 0 Å². The largest absolute Gasteiger partial charge is 0.481 e. The van der Waals surface area contributed by atoms with Crippen molar-refractivity contribution in [1.82, 2.24) is 10.6 Å². The van der Waals surface area contributed by atoms with E-state index in [9.17, 15) is 9.59 Å². The quantitative estimate of drug-likeness (QED) is 0.716. The molecule has 5 nitrogen and oxygen atoms in total. The van der Waals surface area contributed by atoms with E-state index in [1.807, 2.05) is 6.92 Å². The van der Waals surface area contributed by atoms with E-state index in [2.05, 4.69) is 24.5 Å². The predicted molar refractivity (Wildman–Crippen MR) is 73.9 cm³/mol. The minimum Gasteiger partial charge on any atom is -0.481 e. The molecule has 1 aliphatic carbocycles. The van der Waals surface area contributed by atoms with Crippen LogP contribution in [0.3, 0.4) is 0 Å². The van der Waals surface area contributed by atoms with Crippen molar-refractivity contribution in [3.05, 3.63) is 0 Å². The van der Waals surface area contributed by atoms with Crippen LogP contribution in [0, 0.1) is 17.8 Å². The molecule has 110 valence electrons. The van der Waals surface area contributed by atoms with Crippen LogP contribution >= 0.6 is 0 Å². The highest BCUT2D eigenvalue weighted by molar-refractivity contribution is 5.76. The van der Waals surface area contributed by atoms with E-state index in [0.29, 0.717) is 12.3 Å². The van der Waals surface area contributed by atoms with Gasteiger partial charge < -0.3 is 15.7 Å². The first-order chi connectivity index (χ1) is 8.93. The number of carbonyl (C=O) groups is 2. The van der Waals surface area contributed by atoms with Gasteiger partial charge >= 0.3 is 12.0 Å². The van der Waals surface area contributed by atoms with Crippen LogP contribution < -0.4 is 10.6 Å². The van der Waals surface area contributed by atoms with Crippen molar-refractivity contribution in [2.24, 2.45) is 17.8 Å². The molecular formula is C14H26N2O3. The summed E-state index contributed by atoms with van der Waals surface area (Å²) in [4.78, 5) is 22.6. The number of nitrogens with one attached hydrogen (secondary N) is 2. The Morgan fingerprint density at radius 2 is 1.95 bits per heavy atom. The molecule has 0 spiro atoms. The van der Waals surface area contributed by atoms with Crippen LogP contribution in [0.15, 0.2) is 0 Å². The number of hydrogen-bond donors (Lipinski definition) is 3. The van der Waals surface area contributed by atoms with E-state index in [1.165, 1.54) is 0 Å². The third-order valence-corrected chi connectivity index (χ3v) is 4.28. The predicted octanol–water partition coefficient (Wildman–Crippen LogP) is 2.22. The van der Waals surface area contributed by atoms with E-state index in [4.69, 9.17) is 5.11 Å². The van der Waals surface area contributed by atoms with Gasteiger partial charge in [-0.3, -0.25) is 4.79 Å². The first-order valence-corrected chi connectivity index (χ1v) is 7.21. The summed E-state index contributed by atoms with van der Waals surface area (Å²) in [5, 5.41) is 14.5. The Morgan fingerprint density at radius 1 is 1.26 bits per heavy atom. The molecule has 5 heteroatoms. The van der Waals surface area contributed by atoms with E-state index in [0.717, 1.165) is 25.2 Å². The number of hydrogen-bond acceptors (Lipinski definition) is 2. The van der Waals surface area contributed by atoms with Gasteiger partial charge in [0.1, 0.15) is 0 Å². The molecule has 1 rings (SSSR count). The number of urea groups is 1. The molecule has 0 aromatic rings. The highest BCUT2D eigenvalue weighted by atomic mass is 16.4. The summed E-state index contributed by atoms with van der Waals surface area (Å²) in [5.41, 5.74) is 0. The molecule has 3 N–H and O–H groups in total. The minimum absolute atomic E-state index is 0.191. The highest BCUT2D eigenvalue weighted by Gasteiger charge is 2.25. The molecule has 1 aliphatic rings. The molecule has 4 unspecified atom stereocenters. The van der Waals surface area contributed by atoms with Crippen molar-refractivity contribution in [2.45, 2.75) is 52.5 Å². The van der Waals surface area contributed by atoms with E-state index in [1.54, 1.807) is 0 Å². The lowest BCUT2D eigenvalue weighted by Crippen LogP contribution is -2.46. The van der Waals surface area contributed by atoms with Crippen molar-refractivity contribution >= 4 is 12.0 Å². The second-order valence-corrected chi connectivity index (χ2v) is 5.76. The molecule has 0 aliphatic heterocycles. The Bertz CT molecular complexity index is 320. The summed E-state index contributed by atoms with van der Waals surface area (Å²) in [5.74, 6) is -0.0157. The summed E-state index contributed by atoms with van der Waals surface area (Å²) in [6, 6.07) is -0.0254. The van der Waals surface area contributed by atoms with Gasteiger partial charge in [0, 0.05) is 12.6 Å². The molecule has 0 aromatic heterocycles. The van der Waals surface area contributed by atoms with Gasteiger partial charge in [-0.15, -0.1) is 0 Å². The average molecular weight is 270 g/mol. The standard InChI is InChI=1S/C14H26N2O3/c1-4-11(13(17)18)8-15-14(19)16-12-6-5-9(2)10(3)7-12/h9-12H,4-8H2,1-3H3,(H,17,18)(H2,15,16,19). The third kappa shape index (κ3) is 5.09. The fourth-order valence-corrected chi connectivity index (χ4v) is 2.54. The number of carboxylic acid groups (broad SMARTS) is 1. The fraction of sp³-hybridized carbons (Fsp3) is 0.857. The van der Waals surface area contributed by atoms with Crippen LogP contribution in [0.1, 0.15) is 46.5 Å². The first kappa shape index (κ1) is 15.8. The second kappa shape index (κ2) is 7.36. The van der Waals surface area contributed by atoms with Crippen LogP contribution in [0.2, 0.25) is 0 Å². The van der Waals surface area contributed by atoms with Crippen LogP contribution in [0.25, 0.3) is 0 Å². The molecule has 0 radical (unpaired) electrons. The van der Waals surface area contributed by atoms with Gasteiger partial charge in [0.15, 0.2) is 0 Å². The van der Waals surface area contributed by atoms with Crippen LogP contribution in [0.5, 0.6) is 0 Å². The van der Waals surface area contributed by atoms with Crippen LogP contribution in [-0.4, -0.2) is 29.7 Å². The first-order valence-electron chi connectivity index (χ1n) is 7.21. The smallest absolute Gasteiger partial charge is 0.315 e. The van der Waals surface area contributed by atoms with Crippen molar-refractivity contribution in [1.29, 1.82) is 0 Å². The fourth-order valence-electron chi connectivity index (χ4n) is 2.54. The third-order valence-electron chi connectivity index (χ3n) is 4.28.